The number of aryl methyl sites for hydroxylation is 1. The van der Waals surface area contributed by atoms with Gasteiger partial charge in [-0.3, -0.25) is 9.78 Å². The van der Waals surface area contributed by atoms with E-state index >= 15 is 0 Å². The molecule has 1 aromatic carbocycles. The Labute approximate surface area is 113 Å². The summed E-state index contributed by atoms with van der Waals surface area (Å²) < 4.78 is 0. The fraction of sp³-hybridized carbons (Fsp3) is 0.333. The first-order valence-corrected chi connectivity index (χ1v) is 6.30. The van der Waals surface area contributed by atoms with E-state index < -0.39 is 0 Å². The summed E-state index contributed by atoms with van der Waals surface area (Å²) in [6.07, 6.45) is 0.280. The fourth-order valence-electron chi connectivity index (χ4n) is 2.26. The molecule has 2 rings (SSSR count). The Kier molecular flexibility index (Phi) is 3.42. The lowest BCUT2D eigenvalue weighted by atomic mass is 9.99. The van der Waals surface area contributed by atoms with Gasteiger partial charge in [0.05, 0.1) is 5.52 Å². The highest BCUT2D eigenvalue weighted by molar-refractivity contribution is 5.92. The molecule has 1 aromatic heterocycles. The Morgan fingerprint density at radius 3 is 2.74 bits per heavy atom. The van der Waals surface area contributed by atoms with E-state index in [-0.39, 0.29) is 17.9 Å². The van der Waals surface area contributed by atoms with Crippen LogP contribution in [0.1, 0.15) is 26.0 Å². The highest BCUT2D eigenvalue weighted by atomic mass is 16.1. The number of amides is 1. The molecule has 0 saturated carbocycles. The number of benzene rings is 1. The second-order valence-corrected chi connectivity index (χ2v) is 5.48. The monoisotopic (exact) mass is 257 g/mol. The molecule has 100 valence electrons. The number of rotatable bonds is 4. The molecule has 0 saturated heterocycles. The molecule has 0 bridgehead atoms. The van der Waals surface area contributed by atoms with Crippen LogP contribution in [-0.2, 0) is 4.79 Å². The molecule has 19 heavy (non-hydrogen) atoms. The zero-order valence-corrected chi connectivity index (χ0v) is 11.5. The van der Waals surface area contributed by atoms with Gasteiger partial charge in [-0.25, -0.2) is 0 Å². The molecule has 0 aliphatic rings. The summed E-state index contributed by atoms with van der Waals surface area (Å²) in [6.45, 7) is 5.88. The second-order valence-electron chi connectivity index (χ2n) is 5.48. The van der Waals surface area contributed by atoms with Gasteiger partial charge in [-0.15, -0.1) is 0 Å². The number of aromatic nitrogens is 1. The van der Waals surface area contributed by atoms with Crippen molar-refractivity contribution in [1.82, 2.24) is 4.98 Å². The highest BCUT2D eigenvalue weighted by Gasteiger charge is 2.21. The van der Waals surface area contributed by atoms with Crippen LogP contribution in [-0.4, -0.2) is 16.4 Å². The third kappa shape index (κ3) is 3.22. The Balaban J connectivity index is 2.42. The number of carbonyl (C=O) groups is 1. The Morgan fingerprint density at radius 2 is 2.05 bits per heavy atom. The van der Waals surface area contributed by atoms with Crippen LogP contribution < -0.4 is 11.1 Å². The van der Waals surface area contributed by atoms with Gasteiger partial charge < -0.3 is 11.1 Å². The first kappa shape index (κ1) is 13.3. The van der Waals surface area contributed by atoms with Crippen molar-refractivity contribution < 1.29 is 4.79 Å². The Hall–Kier alpha value is -2.10. The number of nitrogens with one attached hydrogen (secondary N) is 1. The molecule has 3 N–H and O–H groups in total. The van der Waals surface area contributed by atoms with Gasteiger partial charge in [0.1, 0.15) is 0 Å². The van der Waals surface area contributed by atoms with E-state index in [2.05, 4.69) is 10.3 Å². The van der Waals surface area contributed by atoms with Crippen LogP contribution in [0, 0.1) is 6.92 Å². The molecule has 0 atom stereocenters. The van der Waals surface area contributed by atoms with Gasteiger partial charge in [0.25, 0.3) is 0 Å². The van der Waals surface area contributed by atoms with Crippen LogP contribution >= 0.6 is 0 Å². The first-order chi connectivity index (χ1) is 8.87. The van der Waals surface area contributed by atoms with Crippen molar-refractivity contribution in [2.45, 2.75) is 32.7 Å². The van der Waals surface area contributed by atoms with Gasteiger partial charge in [0, 0.05) is 28.7 Å². The third-order valence-corrected chi connectivity index (χ3v) is 2.93. The third-order valence-electron chi connectivity index (χ3n) is 2.93. The second kappa shape index (κ2) is 4.88. The zero-order valence-electron chi connectivity index (χ0n) is 11.5. The molecule has 0 aliphatic heterocycles. The van der Waals surface area contributed by atoms with Crippen molar-refractivity contribution in [3.63, 3.8) is 0 Å². The van der Waals surface area contributed by atoms with E-state index in [0.717, 1.165) is 22.3 Å². The summed E-state index contributed by atoms with van der Waals surface area (Å²) in [6, 6.07) is 9.93. The van der Waals surface area contributed by atoms with E-state index in [0.29, 0.717) is 0 Å². The number of hydrogen-bond acceptors (Lipinski definition) is 3. The van der Waals surface area contributed by atoms with Gasteiger partial charge in [-0.2, -0.15) is 0 Å². The number of nitrogens with two attached hydrogens (primary N) is 1. The minimum atomic E-state index is -0.387. The summed E-state index contributed by atoms with van der Waals surface area (Å²) >= 11 is 0. The average molecular weight is 257 g/mol. The molecule has 2 aromatic rings. The summed E-state index contributed by atoms with van der Waals surface area (Å²) in [7, 11) is 0. The van der Waals surface area contributed by atoms with Crippen LogP contribution in [0.2, 0.25) is 0 Å². The van der Waals surface area contributed by atoms with Gasteiger partial charge in [0.15, 0.2) is 0 Å². The van der Waals surface area contributed by atoms with Crippen molar-refractivity contribution >= 4 is 22.5 Å². The van der Waals surface area contributed by atoms with Crippen LogP contribution in [0.3, 0.4) is 0 Å². The molecule has 1 heterocycles. The quantitative estimate of drug-likeness (QED) is 0.884. The van der Waals surface area contributed by atoms with Crippen LogP contribution in [0.5, 0.6) is 0 Å². The van der Waals surface area contributed by atoms with E-state index in [1.165, 1.54) is 0 Å². The van der Waals surface area contributed by atoms with Gasteiger partial charge in [0.2, 0.25) is 5.91 Å². The lowest BCUT2D eigenvalue weighted by Gasteiger charge is -2.27. The zero-order chi connectivity index (χ0) is 14.0. The van der Waals surface area contributed by atoms with E-state index in [1.807, 2.05) is 51.1 Å². The maximum Gasteiger partial charge on any atom is 0.219 e. The van der Waals surface area contributed by atoms with Crippen molar-refractivity contribution in [2.75, 3.05) is 5.32 Å². The molecule has 1 amide bonds. The van der Waals surface area contributed by atoms with Gasteiger partial charge in [-0.05, 0) is 32.9 Å². The minimum Gasteiger partial charge on any atom is -0.379 e. The number of fused-ring (bicyclic) bond motifs is 1. The van der Waals surface area contributed by atoms with Gasteiger partial charge in [-0.1, -0.05) is 18.2 Å². The van der Waals surface area contributed by atoms with Crippen molar-refractivity contribution in [3.05, 3.63) is 36.0 Å². The first-order valence-electron chi connectivity index (χ1n) is 6.30. The smallest absolute Gasteiger partial charge is 0.219 e. The number of anilines is 1. The molecule has 0 radical (unpaired) electrons. The fourth-order valence-corrected chi connectivity index (χ4v) is 2.26. The van der Waals surface area contributed by atoms with Gasteiger partial charge >= 0.3 is 0 Å². The highest BCUT2D eigenvalue weighted by Crippen LogP contribution is 2.26. The molecule has 4 nitrogen and oxygen atoms in total. The lowest BCUT2D eigenvalue weighted by molar-refractivity contribution is -0.118. The number of para-hydroxylation sites is 1. The number of nitrogens with zero attached hydrogens (tertiary/aromatic N) is 1. The molecule has 0 unspecified atom stereocenters. The maximum absolute atomic E-state index is 11.1. The van der Waals surface area contributed by atoms with Crippen LogP contribution in [0.15, 0.2) is 30.3 Å². The number of primary amides is 1. The molecular formula is C15H19N3O. The van der Waals surface area contributed by atoms with E-state index in [1.54, 1.807) is 0 Å². The van der Waals surface area contributed by atoms with Crippen molar-refractivity contribution in [3.8, 4) is 0 Å². The molecule has 4 heteroatoms. The molecule has 0 fully saturated rings. The summed E-state index contributed by atoms with van der Waals surface area (Å²) in [5, 5.41) is 4.44. The lowest BCUT2D eigenvalue weighted by Crippen LogP contribution is -2.36. The predicted molar refractivity (Wildman–Crippen MR) is 78.0 cm³/mol. The molecular weight excluding hydrogens is 238 g/mol. The number of pyridine rings is 1. The Bertz CT molecular complexity index is 620. The SMILES string of the molecule is Cc1cc(NC(C)(C)CC(N)=O)c2ccccc2n1. The number of carbonyl (C=O) groups excluding carboxylic acids is 1. The van der Waals surface area contributed by atoms with Crippen LogP contribution in [0.4, 0.5) is 5.69 Å². The molecule has 0 spiro atoms. The van der Waals surface area contributed by atoms with Crippen molar-refractivity contribution in [2.24, 2.45) is 5.73 Å². The molecule has 0 aliphatic carbocycles. The van der Waals surface area contributed by atoms with E-state index in [4.69, 9.17) is 5.73 Å². The van der Waals surface area contributed by atoms with E-state index in [9.17, 15) is 4.79 Å². The average Bonchev–Trinajstić information content (AvgIpc) is 2.26. The van der Waals surface area contributed by atoms with Crippen LogP contribution in [0.25, 0.3) is 10.9 Å². The van der Waals surface area contributed by atoms with Crippen molar-refractivity contribution in [1.29, 1.82) is 0 Å². The Morgan fingerprint density at radius 1 is 1.37 bits per heavy atom. The maximum atomic E-state index is 11.1. The normalized spacial score (nSPS) is 11.5. The minimum absolute atomic E-state index is 0.280. The summed E-state index contributed by atoms with van der Waals surface area (Å²) in [5.74, 6) is -0.312. The topological polar surface area (TPSA) is 68.0 Å². The summed E-state index contributed by atoms with van der Waals surface area (Å²) in [5.41, 5.74) is 7.76. The predicted octanol–water partition coefficient (Wildman–Crippen LogP) is 2.61. The number of hydrogen-bond donors (Lipinski definition) is 2. The largest absolute Gasteiger partial charge is 0.379 e. The standard InChI is InChI=1S/C15H19N3O/c1-10-8-13(18-15(2,3)9-14(16)19)11-6-4-5-7-12(11)17-10/h4-8H,9H2,1-3H3,(H2,16,19)(H,17,18). The summed E-state index contributed by atoms with van der Waals surface area (Å²) in [4.78, 5) is 15.6.